The van der Waals surface area contributed by atoms with Crippen LogP contribution in [-0.4, -0.2) is 42.8 Å². The van der Waals surface area contributed by atoms with Crippen molar-refractivity contribution in [2.24, 2.45) is 5.92 Å². The average molecular weight is 312 g/mol. The predicted octanol–water partition coefficient (Wildman–Crippen LogP) is 2.11. The van der Waals surface area contributed by atoms with Crippen molar-refractivity contribution in [3.8, 4) is 0 Å². The molecule has 0 radical (unpaired) electrons. The smallest absolute Gasteiger partial charge is 0.246 e. The van der Waals surface area contributed by atoms with Gasteiger partial charge in [-0.2, -0.15) is 4.31 Å². The molecule has 21 heavy (non-hydrogen) atoms. The SMILES string of the molecule is CCCC1CCCN(S(=O)(=O)c2cnc(NC)nc2)CC1. The minimum absolute atomic E-state index is 0.176. The summed E-state index contributed by atoms with van der Waals surface area (Å²) in [5.74, 6) is 1.07. The molecule has 1 atom stereocenters. The fraction of sp³-hybridized carbons (Fsp3) is 0.714. The van der Waals surface area contributed by atoms with Crippen LogP contribution < -0.4 is 5.32 Å². The van der Waals surface area contributed by atoms with Gasteiger partial charge in [-0.3, -0.25) is 0 Å². The van der Waals surface area contributed by atoms with E-state index in [1.165, 1.54) is 18.8 Å². The van der Waals surface area contributed by atoms with Gasteiger partial charge < -0.3 is 5.32 Å². The van der Waals surface area contributed by atoms with Crippen molar-refractivity contribution in [3.05, 3.63) is 12.4 Å². The molecule has 1 fully saturated rings. The number of rotatable bonds is 5. The van der Waals surface area contributed by atoms with Gasteiger partial charge in [0.25, 0.3) is 0 Å². The fourth-order valence-electron chi connectivity index (χ4n) is 2.80. The molecular weight excluding hydrogens is 288 g/mol. The zero-order valence-electron chi connectivity index (χ0n) is 12.7. The van der Waals surface area contributed by atoms with Crippen LogP contribution in [0.1, 0.15) is 39.0 Å². The van der Waals surface area contributed by atoms with Crippen LogP contribution in [0.2, 0.25) is 0 Å². The third-order valence-corrected chi connectivity index (χ3v) is 5.84. The first kappa shape index (κ1) is 16.2. The molecule has 0 aliphatic carbocycles. The van der Waals surface area contributed by atoms with Gasteiger partial charge in [0.15, 0.2) is 0 Å². The number of nitrogens with one attached hydrogen (secondary N) is 1. The Kier molecular flexibility index (Phi) is 5.52. The Hall–Kier alpha value is -1.21. The first-order valence-electron chi connectivity index (χ1n) is 7.58. The van der Waals surface area contributed by atoms with E-state index in [9.17, 15) is 8.42 Å². The molecule has 118 valence electrons. The van der Waals surface area contributed by atoms with E-state index in [-0.39, 0.29) is 4.90 Å². The largest absolute Gasteiger partial charge is 0.357 e. The molecule has 1 aromatic rings. The van der Waals surface area contributed by atoms with Gasteiger partial charge in [0.05, 0.1) is 12.4 Å². The molecule has 0 spiro atoms. The standard InChI is InChI=1S/C14H24N4O2S/c1-3-5-12-6-4-8-18(9-7-12)21(19,20)13-10-16-14(15-2)17-11-13/h10-12H,3-9H2,1-2H3,(H,15,16,17). The second kappa shape index (κ2) is 7.17. The van der Waals surface area contributed by atoms with Crippen LogP contribution in [0.5, 0.6) is 0 Å². The van der Waals surface area contributed by atoms with Gasteiger partial charge in [-0.05, 0) is 25.2 Å². The summed E-state index contributed by atoms with van der Waals surface area (Å²) in [6.07, 6.45) is 8.10. The first-order valence-corrected chi connectivity index (χ1v) is 9.02. The molecule has 2 rings (SSSR count). The number of anilines is 1. The average Bonchev–Trinajstić information content (AvgIpc) is 2.74. The van der Waals surface area contributed by atoms with Crippen molar-refractivity contribution in [3.63, 3.8) is 0 Å². The van der Waals surface area contributed by atoms with Crippen LogP contribution in [-0.2, 0) is 10.0 Å². The minimum Gasteiger partial charge on any atom is -0.357 e. The third-order valence-electron chi connectivity index (χ3n) is 3.99. The molecule has 1 aliphatic heterocycles. The summed E-state index contributed by atoms with van der Waals surface area (Å²) >= 11 is 0. The van der Waals surface area contributed by atoms with E-state index in [1.807, 2.05) is 0 Å². The summed E-state index contributed by atoms with van der Waals surface area (Å²) in [4.78, 5) is 8.17. The Bertz CT molecular complexity index is 545. The van der Waals surface area contributed by atoms with E-state index in [0.717, 1.165) is 25.7 Å². The molecule has 0 amide bonds. The lowest BCUT2D eigenvalue weighted by atomic mass is 9.96. The Balaban J connectivity index is 2.11. The highest BCUT2D eigenvalue weighted by molar-refractivity contribution is 7.89. The van der Waals surface area contributed by atoms with Crippen molar-refractivity contribution in [2.45, 2.75) is 43.9 Å². The molecule has 0 aromatic carbocycles. The second-order valence-electron chi connectivity index (χ2n) is 5.48. The number of sulfonamides is 1. The minimum atomic E-state index is -3.47. The monoisotopic (exact) mass is 312 g/mol. The lowest BCUT2D eigenvalue weighted by Crippen LogP contribution is -2.32. The predicted molar refractivity (Wildman–Crippen MR) is 82.6 cm³/mol. The van der Waals surface area contributed by atoms with E-state index in [1.54, 1.807) is 11.4 Å². The zero-order chi connectivity index (χ0) is 15.3. The van der Waals surface area contributed by atoms with Crippen molar-refractivity contribution >= 4 is 16.0 Å². The number of hydrogen-bond donors (Lipinski definition) is 1. The van der Waals surface area contributed by atoms with Crippen molar-refractivity contribution in [2.75, 3.05) is 25.5 Å². The Morgan fingerprint density at radius 3 is 2.62 bits per heavy atom. The van der Waals surface area contributed by atoms with Crippen LogP contribution in [0, 0.1) is 5.92 Å². The maximum Gasteiger partial charge on any atom is 0.246 e. The normalized spacial score (nSPS) is 21.0. The Morgan fingerprint density at radius 1 is 1.29 bits per heavy atom. The molecule has 1 aromatic heterocycles. The van der Waals surface area contributed by atoms with E-state index in [0.29, 0.717) is 25.0 Å². The maximum atomic E-state index is 12.6. The van der Waals surface area contributed by atoms with E-state index in [2.05, 4.69) is 22.2 Å². The molecule has 7 heteroatoms. The maximum absolute atomic E-state index is 12.6. The molecule has 0 saturated carbocycles. The summed E-state index contributed by atoms with van der Waals surface area (Å²) < 4.78 is 26.8. The van der Waals surface area contributed by atoms with Crippen molar-refractivity contribution in [1.82, 2.24) is 14.3 Å². The summed E-state index contributed by atoms with van der Waals surface area (Å²) in [6, 6.07) is 0. The van der Waals surface area contributed by atoms with E-state index >= 15 is 0 Å². The molecule has 1 unspecified atom stereocenters. The lowest BCUT2D eigenvalue weighted by molar-refractivity contribution is 0.399. The van der Waals surface area contributed by atoms with E-state index < -0.39 is 10.0 Å². The molecular formula is C14H24N4O2S. The van der Waals surface area contributed by atoms with Gasteiger partial charge in [-0.1, -0.05) is 19.8 Å². The third kappa shape index (κ3) is 3.91. The van der Waals surface area contributed by atoms with Gasteiger partial charge in [0.1, 0.15) is 4.90 Å². The van der Waals surface area contributed by atoms with Gasteiger partial charge in [-0.15, -0.1) is 0 Å². The van der Waals surface area contributed by atoms with Crippen molar-refractivity contribution < 1.29 is 8.42 Å². The van der Waals surface area contributed by atoms with Gasteiger partial charge in [-0.25, -0.2) is 18.4 Å². The summed E-state index contributed by atoms with van der Waals surface area (Å²) in [7, 11) is -1.77. The first-order chi connectivity index (χ1) is 10.1. The van der Waals surface area contributed by atoms with E-state index in [4.69, 9.17) is 0 Å². The van der Waals surface area contributed by atoms with Crippen LogP contribution in [0.15, 0.2) is 17.3 Å². The molecule has 1 N–H and O–H groups in total. The van der Waals surface area contributed by atoms with Crippen molar-refractivity contribution in [1.29, 1.82) is 0 Å². The Labute approximate surface area is 127 Å². The molecule has 6 nitrogen and oxygen atoms in total. The van der Waals surface area contributed by atoms with Crippen LogP contribution in [0.4, 0.5) is 5.95 Å². The summed E-state index contributed by atoms with van der Waals surface area (Å²) in [5, 5.41) is 2.78. The number of aromatic nitrogens is 2. The topological polar surface area (TPSA) is 75.2 Å². The second-order valence-corrected chi connectivity index (χ2v) is 7.42. The molecule has 2 heterocycles. The van der Waals surface area contributed by atoms with Gasteiger partial charge in [0, 0.05) is 20.1 Å². The van der Waals surface area contributed by atoms with Crippen LogP contribution in [0.25, 0.3) is 0 Å². The quantitative estimate of drug-likeness (QED) is 0.901. The lowest BCUT2D eigenvalue weighted by Gasteiger charge is -2.20. The van der Waals surface area contributed by atoms with Crippen LogP contribution in [0.3, 0.4) is 0 Å². The van der Waals surface area contributed by atoms with Crippen LogP contribution >= 0.6 is 0 Å². The van der Waals surface area contributed by atoms with Gasteiger partial charge >= 0.3 is 0 Å². The molecule has 1 saturated heterocycles. The number of nitrogens with zero attached hydrogens (tertiary/aromatic N) is 3. The Morgan fingerprint density at radius 2 is 2.00 bits per heavy atom. The summed E-state index contributed by atoms with van der Waals surface area (Å²) in [5.41, 5.74) is 0. The fourth-order valence-corrected chi connectivity index (χ4v) is 4.19. The number of hydrogen-bond acceptors (Lipinski definition) is 5. The zero-order valence-corrected chi connectivity index (χ0v) is 13.6. The highest BCUT2D eigenvalue weighted by atomic mass is 32.2. The summed E-state index contributed by atoms with van der Waals surface area (Å²) in [6.45, 7) is 3.37. The molecule has 1 aliphatic rings. The highest BCUT2D eigenvalue weighted by Gasteiger charge is 2.27. The van der Waals surface area contributed by atoms with Gasteiger partial charge in [0.2, 0.25) is 16.0 Å². The highest BCUT2D eigenvalue weighted by Crippen LogP contribution is 2.25. The molecule has 0 bridgehead atoms.